The number of aryl methyl sites for hydroxylation is 1. The number of rotatable bonds is 2. The average molecular weight is 308 g/mol. The number of anilines is 1. The van der Waals surface area contributed by atoms with Crippen LogP contribution in [-0.2, 0) is 0 Å². The van der Waals surface area contributed by atoms with Gasteiger partial charge in [0.05, 0.1) is 5.56 Å². The van der Waals surface area contributed by atoms with E-state index in [0.717, 1.165) is 10.0 Å². The average Bonchev–Trinajstić information content (AvgIpc) is 2.32. The first-order valence-electron chi connectivity index (χ1n) is 5.39. The second-order valence-corrected chi connectivity index (χ2v) is 4.86. The number of hydrogen-bond acceptors (Lipinski definition) is 1. The number of amides is 1. The molecule has 92 valence electrons. The van der Waals surface area contributed by atoms with Crippen LogP contribution in [0.25, 0.3) is 0 Å². The third-order valence-corrected chi connectivity index (χ3v) is 3.00. The van der Waals surface area contributed by atoms with Gasteiger partial charge >= 0.3 is 0 Å². The summed E-state index contributed by atoms with van der Waals surface area (Å²) in [5.41, 5.74) is 1.46. The summed E-state index contributed by atoms with van der Waals surface area (Å²) in [7, 11) is 0. The van der Waals surface area contributed by atoms with E-state index < -0.39 is 11.7 Å². The summed E-state index contributed by atoms with van der Waals surface area (Å²) in [6.45, 7) is 1.78. The van der Waals surface area contributed by atoms with E-state index in [-0.39, 0.29) is 5.56 Å². The molecule has 2 nitrogen and oxygen atoms in total. The van der Waals surface area contributed by atoms with Crippen molar-refractivity contribution in [3.8, 4) is 0 Å². The highest BCUT2D eigenvalue weighted by molar-refractivity contribution is 9.10. The summed E-state index contributed by atoms with van der Waals surface area (Å²) in [6.07, 6.45) is 0. The van der Waals surface area contributed by atoms with Crippen LogP contribution in [0.2, 0.25) is 0 Å². The van der Waals surface area contributed by atoms with Crippen molar-refractivity contribution in [1.29, 1.82) is 0 Å². The fourth-order valence-corrected chi connectivity index (χ4v) is 1.80. The number of benzene rings is 2. The number of carbonyl (C=O) groups excluding carboxylic acids is 1. The summed E-state index contributed by atoms with van der Waals surface area (Å²) in [5, 5.41) is 2.65. The summed E-state index contributed by atoms with van der Waals surface area (Å²) in [5.74, 6) is -0.959. The maximum Gasteiger partial charge on any atom is 0.258 e. The van der Waals surface area contributed by atoms with Crippen LogP contribution < -0.4 is 5.32 Å². The topological polar surface area (TPSA) is 29.1 Å². The van der Waals surface area contributed by atoms with Crippen molar-refractivity contribution in [2.75, 3.05) is 5.32 Å². The molecule has 2 aromatic rings. The third-order valence-electron chi connectivity index (χ3n) is 2.47. The first-order chi connectivity index (χ1) is 8.56. The molecule has 0 heterocycles. The van der Waals surface area contributed by atoms with E-state index in [1.165, 1.54) is 12.1 Å². The molecule has 2 aromatic carbocycles. The first-order valence-corrected chi connectivity index (χ1v) is 6.18. The van der Waals surface area contributed by atoms with Crippen molar-refractivity contribution in [3.63, 3.8) is 0 Å². The Morgan fingerprint density at radius 3 is 2.44 bits per heavy atom. The van der Waals surface area contributed by atoms with Crippen LogP contribution in [0.15, 0.2) is 46.9 Å². The second kappa shape index (κ2) is 5.31. The molecule has 0 aliphatic carbocycles. The lowest BCUT2D eigenvalue weighted by atomic mass is 10.1. The first kappa shape index (κ1) is 12.8. The van der Waals surface area contributed by atoms with Gasteiger partial charge in [-0.2, -0.15) is 0 Å². The van der Waals surface area contributed by atoms with Crippen molar-refractivity contribution >= 4 is 27.5 Å². The van der Waals surface area contributed by atoms with Gasteiger partial charge in [0.15, 0.2) is 0 Å². The number of carbonyl (C=O) groups is 1. The molecular formula is C14H11BrFNO. The molecule has 1 amide bonds. The Balaban J connectivity index is 2.19. The van der Waals surface area contributed by atoms with Gasteiger partial charge < -0.3 is 5.32 Å². The van der Waals surface area contributed by atoms with Crippen LogP contribution in [0, 0.1) is 12.7 Å². The SMILES string of the molecule is Cc1ccc(C(=O)Nc2ccc(Br)cc2)c(F)c1. The lowest BCUT2D eigenvalue weighted by Gasteiger charge is -2.06. The van der Waals surface area contributed by atoms with Crippen LogP contribution in [0.1, 0.15) is 15.9 Å². The van der Waals surface area contributed by atoms with Gasteiger partial charge in [-0.15, -0.1) is 0 Å². The van der Waals surface area contributed by atoms with E-state index in [1.54, 1.807) is 37.3 Å². The van der Waals surface area contributed by atoms with Gasteiger partial charge in [0.25, 0.3) is 5.91 Å². The van der Waals surface area contributed by atoms with Gasteiger partial charge in [0.2, 0.25) is 0 Å². The fourth-order valence-electron chi connectivity index (χ4n) is 1.54. The Labute approximate surface area is 113 Å². The minimum atomic E-state index is -0.510. The van der Waals surface area contributed by atoms with Crippen molar-refractivity contribution in [3.05, 3.63) is 63.9 Å². The quantitative estimate of drug-likeness (QED) is 0.887. The van der Waals surface area contributed by atoms with Crippen molar-refractivity contribution in [2.24, 2.45) is 0 Å². The highest BCUT2D eigenvalue weighted by atomic mass is 79.9. The summed E-state index contributed by atoms with van der Waals surface area (Å²) >= 11 is 3.30. The molecule has 0 aliphatic rings. The standard InChI is InChI=1S/C14H11BrFNO/c1-9-2-7-12(13(16)8-9)14(18)17-11-5-3-10(15)4-6-11/h2-8H,1H3,(H,17,18). The lowest BCUT2D eigenvalue weighted by Crippen LogP contribution is -2.13. The van der Waals surface area contributed by atoms with Gasteiger partial charge in [-0.1, -0.05) is 22.0 Å². The van der Waals surface area contributed by atoms with E-state index >= 15 is 0 Å². The van der Waals surface area contributed by atoms with Crippen LogP contribution in [0.5, 0.6) is 0 Å². The second-order valence-electron chi connectivity index (χ2n) is 3.94. The Morgan fingerprint density at radius 1 is 1.17 bits per heavy atom. The zero-order valence-electron chi connectivity index (χ0n) is 9.71. The Morgan fingerprint density at radius 2 is 1.83 bits per heavy atom. The van der Waals surface area contributed by atoms with Gasteiger partial charge in [-0.05, 0) is 48.9 Å². The molecule has 0 spiro atoms. The van der Waals surface area contributed by atoms with E-state index in [9.17, 15) is 9.18 Å². The van der Waals surface area contributed by atoms with Gasteiger partial charge in [-0.25, -0.2) is 4.39 Å². The van der Waals surface area contributed by atoms with Crippen LogP contribution >= 0.6 is 15.9 Å². The lowest BCUT2D eigenvalue weighted by molar-refractivity contribution is 0.102. The molecule has 0 unspecified atom stereocenters. The minimum Gasteiger partial charge on any atom is -0.322 e. The molecule has 0 radical (unpaired) electrons. The van der Waals surface area contributed by atoms with E-state index in [1.807, 2.05) is 0 Å². The maximum absolute atomic E-state index is 13.6. The molecule has 4 heteroatoms. The summed E-state index contributed by atoms with van der Waals surface area (Å²) in [6, 6.07) is 11.6. The predicted molar refractivity (Wildman–Crippen MR) is 73.2 cm³/mol. The molecule has 18 heavy (non-hydrogen) atoms. The highest BCUT2D eigenvalue weighted by Gasteiger charge is 2.11. The highest BCUT2D eigenvalue weighted by Crippen LogP contribution is 2.16. The fraction of sp³-hybridized carbons (Fsp3) is 0.0714. The molecule has 0 aliphatic heterocycles. The monoisotopic (exact) mass is 307 g/mol. The normalized spacial score (nSPS) is 10.2. The van der Waals surface area contributed by atoms with Crippen molar-refractivity contribution < 1.29 is 9.18 Å². The minimum absolute atomic E-state index is 0.0449. The van der Waals surface area contributed by atoms with Crippen LogP contribution in [-0.4, -0.2) is 5.91 Å². The molecular weight excluding hydrogens is 297 g/mol. The van der Waals surface area contributed by atoms with Crippen LogP contribution in [0.3, 0.4) is 0 Å². The molecule has 2 rings (SSSR count). The number of hydrogen-bond donors (Lipinski definition) is 1. The van der Waals surface area contributed by atoms with E-state index in [2.05, 4.69) is 21.2 Å². The van der Waals surface area contributed by atoms with Crippen LogP contribution in [0.4, 0.5) is 10.1 Å². The van der Waals surface area contributed by atoms with Gasteiger partial charge in [0.1, 0.15) is 5.82 Å². The van der Waals surface area contributed by atoms with E-state index in [4.69, 9.17) is 0 Å². The van der Waals surface area contributed by atoms with E-state index in [0.29, 0.717) is 5.69 Å². The molecule has 0 saturated heterocycles. The summed E-state index contributed by atoms with van der Waals surface area (Å²) < 4.78 is 14.5. The Bertz CT molecular complexity index is 581. The Hall–Kier alpha value is -1.68. The van der Waals surface area contributed by atoms with Gasteiger partial charge in [0, 0.05) is 10.2 Å². The smallest absolute Gasteiger partial charge is 0.258 e. The number of nitrogens with one attached hydrogen (secondary N) is 1. The zero-order chi connectivity index (χ0) is 13.1. The van der Waals surface area contributed by atoms with Crippen molar-refractivity contribution in [1.82, 2.24) is 0 Å². The largest absolute Gasteiger partial charge is 0.322 e. The molecule has 1 N–H and O–H groups in total. The predicted octanol–water partition coefficient (Wildman–Crippen LogP) is 4.15. The third kappa shape index (κ3) is 2.96. The molecule has 0 bridgehead atoms. The summed E-state index contributed by atoms with van der Waals surface area (Å²) in [4.78, 5) is 11.9. The molecule has 0 fully saturated rings. The van der Waals surface area contributed by atoms with Crippen molar-refractivity contribution in [2.45, 2.75) is 6.92 Å². The zero-order valence-corrected chi connectivity index (χ0v) is 11.3. The maximum atomic E-state index is 13.6. The Kier molecular flexibility index (Phi) is 3.77. The molecule has 0 atom stereocenters. The molecule has 0 saturated carbocycles. The molecule has 0 aromatic heterocycles. The van der Waals surface area contributed by atoms with Gasteiger partial charge in [-0.3, -0.25) is 4.79 Å². The number of halogens is 2.